The SMILES string of the molecule is COc1ccc(C(OC2CCN(CCCC(=O)c3ccc(C(C)(C)C)cc3)CC2)c2ccc(OC)cc2)cc1. The van der Waals surface area contributed by atoms with Gasteiger partial charge in [0, 0.05) is 25.1 Å². The van der Waals surface area contributed by atoms with Gasteiger partial charge in [-0.15, -0.1) is 0 Å². The molecule has 208 valence electrons. The summed E-state index contributed by atoms with van der Waals surface area (Å²) in [6, 6.07) is 24.4. The summed E-state index contributed by atoms with van der Waals surface area (Å²) in [6.07, 6.45) is 3.45. The van der Waals surface area contributed by atoms with E-state index in [-0.39, 0.29) is 23.4 Å². The highest BCUT2D eigenvalue weighted by Crippen LogP contribution is 2.32. The van der Waals surface area contributed by atoms with Gasteiger partial charge in [-0.25, -0.2) is 0 Å². The average Bonchev–Trinajstić information content (AvgIpc) is 2.96. The quantitative estimate of drug-likeness (QED) is 0.245. The van der Waals surface area contributed by atoms with E-state index in [0.29, 0.717) is 6.42 Å². The van der Waals surface area contributed by atoms with E-state index < -0.39 is 0 Å². The standard InChI is InChI=1S/C34H43NO4/c1-34(2,3)28-14-8-25(9-15-28)32(36)7-6-22-35-23-20-31(21-24-35)39-33(26-10-16-29(37-4)17-11-26)27-12-18-30(38-5)19-13-27/h8-19,31,33H,6-7,20-24H2,1-5H3. The summed E-state index contributed by atoms with van der Waals surface area (Å²) in [5.74, 6) is 1.90. The van der Waals surface area contributed by atoms with Crippen molar-refractivity contribution in [2.75, 3.05) is 33.9 Å². The largest absolute Gasteiger partial charge is 0.497 e. The van der Waals surface area contributed by atoms with Crippen molar-refractivity contribution in [2.24, 2.45) is 0 Å². The number of hydrogen-bond donors (Lipinski definition) is 0. The molecule has 1 aliphatic rings. The lowest BCUT2D eigenvalue weighted by molar-refractivity contribution is -0.0270. The van der Waals surface area contributed by atoms with Crippen LogP contribution >= 0.6 is 0 Å². The molecule has 39 heavy (non-hydrogen) atoms. The van der Waals surface area contributed by atoms with Crippen LogP contribution in [-0.4, -0.2) is 50.6 Å². The summed E-state index contributed by atoms with van der Waals surface area (Å²) in [5.41, 5.74) is 4.39. The van der Waals surface area contributed by atoms with Crippen LogP contribution in [0.15, 0.2) is 72.8 Å². The van der Waals surface area contributed by atoms with Gasteiger partial charge in [-0.3, -0.25) is 4.79 Å². The predicted octanol–water partition coefficient (Wildman–Crippen LogP) is 7.23. The summed E-state index contributed by atoms with van der Waals surface area (Å²) in [6.45, 7) is 9.48. The summed E-state index contributed by atoms with van der Waals surface area (Å²) in [5, 5.41) is 0. The highest BCUT2D eigenvalue weighted by atomic mass is 16.5. The molecular weight excluding hydrogens is 486 g/mol. The van der Waals surface area contributed by atoms with E-state index in [1.807, 2.05) is 36.4 Å². The summed E-state index contributed by atoms with van der Waals surface area (Å²) < 4.78 is 17.4. The molecule has 0 N–H and O–H groups in total. The molecule has 3 aromatic carbocycles. The molecule has 0 saturated carbocycles. The van der Waals surface area contributed by atoms with Crippen LogP contribution in [0.4, 0.5) is 0 Å². The topological polar surface area (TPSA) is 48.0 Å². The van der Waals surface area contributed by atoms with Gasteiger partial charge in [0.1, 0.15) is 17.6 Å². The highest BCUT2D eigenvalue weighted by molar-refractivity contribution is 5.96. The highest BCUT2D eigenvalue weighted by Gasteiger charge is 2.25. The Hall–Kier alpha value is -3.15. The van der Waals surface area contributed by atoms with Gasteiger partial charge in [0.15, 0.2) is 5.78 Å². The molecule has 1 fully saturated rings. The van der Waals surface area contributed by atoms with Gasteiger partial charge < -0.3 is 19.1 Å². The molecule has 0 spiro atoms. The molecular formula is C34H43NO4. The van der Waals surface area contributed by atoms with Crippen molar-refractivity contribution in [1.82, 2.24) is 4.90 Å². The molecule has 3 aromatic rings. The normalized spacial score (nSPS) is 14.9. The second kappa shape index (κ2) is 13.3. The molecule has 0 amide bonds. The third-order valence-electron chi connectivity index (χ3n) is 7.65. The zero-order valence-electron chi connectivity index (χ0n) is 24.1. The van der Waals surface area contributed by atoms with Crippen LogP contribution in [0.5, 0.6) is 11.5 Å². The van der Waals surface area contributed by atoms with Crippen LogP contribution in [0.2, 0.25) is 0 Å². The van der Waals surface area contributed by atoms with Gasteiger partial charge in [-0.05, 0) is 72.2 Å². The lowest BCUT2D eigenvalue weighted by Crippen LogP contribution is -2.38. The third kappa shape index (κ3) is 7.93. The summed E-state index contributed by atoms with van der Waals surface area (Å²) >= 11 is 0. The molecule has 5 nitrogen and oxygen atoms in total. The minimum atomic E-state index is -0.152. The Morgan fingerprint density at radius 1 is 0.821 bits per heavy atom. The summed E-state index contributed by atoms with van der Waals surface area (Å²) in [4.78, 5) is 15.2. The fourth-order valence-electron chi connectivity index (χ4n) is 5.13. The maximum Gasteiger partial charge on any atom is 0.162 e. The lowest BCUT2D eigenvalue weighted by Gasteiger charge is -2.34. The molecule has 1 aliphatic heterocycles. The molecule has 0 aliphatic carbocycles. The number of ketones is 1. The number of carbonyl (C=O) groups excluding carboxylic acids is 1. The van der Waals surface area contributed by atoms with Gasteiger partial charge in [-0.2, -0.15) is 0 Å². The van der Waals surface area contributed by atoms with Gasteiger partial charge in [0.2, 0.25) is 0 Å². The smallest absolute Gasteiger partial charge is 0.162 e. The number of piperidine rings is 1. The van der Waals surface area contributed by atoms with E-state index in [9.17, 15) is 4.79 Å². The Bertz CT molecular complexity index is 1120. The Labute approximate surface area is 234 Å². The maximum atomic E-state index is 12.7. The van der Waals surface area contributed by atoms with Crippen LogP contribution in [-0.2, 0) is 10.2 Å². The van der Waals surface area contributed by atoms with Gasteiger partial charge >= 0.3 is 0 Å². The van der Waals surface area contributed by atoms with Crippen LogP contribution in [0.25, 0.3) is 0 Å². The van der Waals surface area contributed by atoms with Crippen LogP contribution < -0.4 is 9.47 Å². The first-order chi connectivity index (χ1) is 18.8. The number of likely N-dealkylation sites (tertiary alicyclic amines) is 1. The number of Topliss-reactive ketones (excluding diaryl/α,β-unsaturated/α-hetero) is 1. The monoisotopic (exact) mass is 529 g/mol. The third-order valence-corrected chi connectivity index (χ3v) is 7.65. The fraction of sp³-hybridized carbons (Fsp3) is 0.441. The van der Waals surface area contributed by atoms with Gasteiger partial charge in [0.25, 0.3) is 0 Å². The van der Waals surface area contributed by atoms with Gasteiger partial charge in [0.05, 0.1) is 20.3 Å². The van der Waals surface area contributed by atoms with E-state index in [1.165, 1.54) is 5.56 Å². The van der Waals surface area contributed by atoms with Gasteiger partial charge in [-0.1, -0.05) is 69.3 Å². The zero-order valence-corrected chi connectivity index (χ0v) is 24.1. The minimum Gasteiger partial charge on any atom is -0.497 e. The number of nitrogens with zero attached hydrogens (tertiary/aromatic N) is 1. The number of ether oxygens (including phenoxy) is 3. The van der Waals surface area contributed by atoms with Crippen molar-refractivity contribution in [1.29, 1.82) is 0 Å². The molecule has 0 bridgehead atoms. The molecule has 0 radical (unpaired) electrons. The zero-order chi connectivity index (χ0) is 27.8. The Kier molecular flexibility index (Phi) is 9.82. The molecule has 0 aromatic heterocycles. The first-order valence-electron chi connectivity index (χ1n) is 14.1. The second-order valence-electron chi connectivity index (χ2n) is 11.5. The van der Waals surface area contributed by atoms with Crippen molar-refractivity contribution in [3.63, 3.8) is 0 Å². The number of benzene rings is 3. The van der Waals surface area contributed by atoms with Crippen molar-refractivity contribution in [3.05, 3.63) is 95.1 Å². The number of methoxy groups -OCH3 is 2. The molecule has 1 heterocycles. The Balaban J connectivity index is 1.28. The summed E-state index contributed by atoms with van der Waals surface area (Å²) in [7, 11) is 3.36. The van der Waals surface area contributed by atoms with E-state index in [0.717, 1.165) is 67.1 Å². The van der Waals surface area contributed by atoms with E-state index in [4.69, 9.17) is 14.2 Å². The van der Waals surface area contributed by atoms with Crippen LogP contribution in [0, 0.1) is 0 Å². The van der Waals surface area contributed by atoms with E-state index in [2.05, 4.69) is 62.1 Å². The fourth-order valence-corrected chi connectivity index (χ4v) is 5.13. The second-order valence-corrected chi connectivity index (χ2v) is 11.5. The first kappa shape index (κ1) is 28.8. The Morgan fingerprint density at radius 3 is 1.79 bits per heavy atom. The molecule has 5 heteroatoms. The van der Waals surface area contributed by atoms with E-state index in [1.54, 1.807) is 14.2 Å². The van der Waals surface area contributed by atoms with Crippen LogP contribution in [0.3, 0.4) is 0 Å². The molecule has 4 rings (SSSR count). The molecule has 1 saturated heterocycles. The number of carbonyl (C=O) groups is 1. The van der Waals surface area contributed by atoms with Crippen LogP contribution in [0.1, 0.15) is 79.6 Å². The van der Waals surface area contributed by atoms with Crippen molar-refractivity contribution < 1.29 is 19.0 Å². The average molecular weight is 530 g/mol. The Morgan fingerprint density at radius 2 is 1.33 bits per heavy atom. The number of rotatable bonds is 11. The van der Waals surface area contributed by atoms with Crippen molar-refractivity contribution in [2.45, 2.75) is 64.1 Å². The predicted molar refractivity (Wildman–Crippen MR) is 157 cm³/mol. The van der Waals surface area contributed by atoms with Crippen molar-refractivity contribution >= 4 is 5.78 Å². The maximum absolute atomic E-state index is 12.7. The van der Waals surface area contributed by atoms with E-state index >= 15 is 0 Å². The molecule has 0 unspecified atom stereocenters. The van der Waals surface area contributed by atoms with Crippen molar-refractivity contribution in [3.8, 4) is 11.5 Å². The lowest BCUT2D eigenvalue weighted by atomic mass is 9.86. The molecule has 0 atom stereocenters. The number of hydrogen-bond acceptors (Lipinski definition) is 5. The first-order valence-corrected chi connectivity index (χ1v) is 14.1. The minimum absolute atomic E-state index is 0.0979.